The summed E-state index contributed by atoms with van der Waals surface area (Å²) in [6, 6.07) is 17.6. The minimum Gasteiger partial charge on any atom is -0.508 e. The van der Waals surface area contributed by atoms with Crippen LogP contribution in [-0.4, -0.2) is 41.4 Å². The number of aromatic hydroxyl groups is 2. The summed E-state index contributed by atoms with van der Waals surface area (Å²) in [6.45, 7) is 6.11. The Morgan fingerprint density at radius 2 is 1.89 bits per heavy atom. The number of hydrogen-bond donors (Lipinski definition) is 2. The van der Waals surface area contributed by atoms with Crippen molar-refractivity contribution >= 4 is 24.2 Å². The first-order valence-corrected chi connectivity index (χ1v) is 12.4. The van der Waals surface area contributed by atoms with E-state index in [1.807, 2.05) is 30.3 Å². The molecule has 2 aliphatic heterocycles. The summed E-state index contributed by atoms with van der Waals surface area (Å²) in [7, 11) is 0. The van der Waals surface area contributed by atoms with Crippen molar-refractivity contribution in [3.8, 4) is 23.0 Å². The lowest BCUT2D eigenvalue weighted by Gasteiger charge is -2.34. The van der Waals surface area contributed by atoms with Gasteiger partial charge in [-0.1, -0.05) is 31.2 Å². The van der Waals surface area contributed by atoms with E-state index in [4.69, 9.17) is 9.47 Å². The molecule has 5 rings (SSSR count). The Kier molecular flexibility index (Phi) is 7.99. The van der Waals surface area contributed by atoms with Crippen LogP contribution in [0.3, 0.4) is 0 Å². The number of likely N-dealkylation sites (tertiary alicyclic amines) is 1. The molecular formula is C27H29ClFNO4S. The molecule has 0 spiro atoms. The summed E-state index contributed by atoms with van der Waals surface area (Å²) in [4.78, 5) is 2.70. The lowest BCUT2D eigenvalue weighted by molar-refractivity contribution is 0.187. The largest absolute Gasteiger partial charge is 0.508 e. The van der Waals surface area contributed by atoms with Gasteiger partial charge in [-0.25, -0.2) is 4.39 Å². The zero-order valence-electron chi connectivity index (χ0n) is 19.4. The van der Waals surface area contributed by atoms with Gasteiger partial charge in [-0.15, -0.1) is 24.2 Å². The Morgan fingerprint density at radius 3 is 2.60 bits per heavy atom. The maximum Gasteiger partial charge on any atom is 0.182 e. The van der Waals surface area contributed by atoms with Gasteiger partial charge in [-0.3, -0.25) is 4.90 Å². The Morgan fingerprint density at radius 1 is 1.09 bits per heavy atom. The fraction of sp³-hybridized carbons (Fsp3) is 0.333. The minimum atomic E-state index is -0.692. The summed E-state index contributed by atoms with van der Waals surface area (Å²) >= 11 is 1.29. The Labute approximate surface area is 215 Å². The van der Waals surface area contributed by atoms with E-state index >= 15 is 0 Å². The van der Waals surface area contributed by atoms with E-state index in [1.165, 1.54) is 24.2 Å². The highest BCUT2D eigenvalue weighted by molar-refractivity contribution is 7.99. The second kappa shape index (κ2) is 11.0. The zero-order chi connectivity index (χ0) is 23.7. The molecule has 2 aliphatic rings. The maximum absolute atomic E-state index is 14.7. The molecule has 1 saturated heterocycles. The monoisotopic (exact) mass is 517 g/mol. The number of rotatable bonds is 6. The molecular weight excluding hydrogens is 489 g/mol. The maximum atomic E-state index is 14.7. The molecule has 0 saturated carbocycles. The second-order valence-corrected chi connectivity index (χ2v) is 10.2. The average Bonchev–Trinajstić information content (AvgIpc) is 3.26. The third kappa shape index (κ3) is 5.63. The van der Waals surface area contributed by atoms with Gasteiger partial charge < -0.3 is 19.7 Å². The van der Waals surface area contributed by atoms with Gasteiger partial charge >= 0.3 is 0 Å². The van der Waals surface area contributed by atoms with Gasteiger partial charge in [0.2, 0.25) is 0 Å². The minimum absolute atomic E-state index is 0. The molecule has 3 aromatic carbocycles. The van der Waals surface area contributed by atoms with Crippen molar-refractivity contribution < 1.29 is 24.1 Å². The SMILES string of the molecule is C[C@@H]1CCN(CCOc2ccc([C@@H]3Oc4ccc(O)c(F)c4S[C@@H]3c3cccc(O)c3)cc2)C1.Cl. The Hall–Kier alpha value is -2.61. The van der Waals surface area contributed by atoms with Gasteiger partial charge in [0.25, 0.3) is 0 Å². The van der Waals surface area contributed by atoms with Crippen molar-refractivity contribution in [3.63, 3.8) is 0 Å². The van der Waals surface area contributed by atoms with Gasteiger partial charge in [-0.2, -0.15) is 0 Å². The van der Waals surface area contributed by atoms with Crippen molar-refractivity contribution in [2.24, 2.45) is 5.92 Å². The fourth-order valence-electron chi connectivity index (χ4n) is 4.58. The number of fused-ring (bicyclic) bond motifs is 1. The van der Waals surface area contributed by atoms with Crippen LogP contribution in [0.1, 0.15) is 35.8 Å². The average molecular weight is 518 g/mol. The first kappa shape index (κ1) is 25.5. The molecule has 35 heavy (non-hydrogen) atoms. The normalized spacial score (nSPS) is 21.6. The lowest BCUT2D eigenvalue weighted by Crippen LogP contribution is -2.25. The van der Waals surface area contributed by atoms with Gasteiger partial charge in [0, 0.05) is 13.1 Å². The van der Waals surface area contributed by atoms with E-state index < -0.39 is 17.7 Å². The van der Waals surface area contributed by atoms with Crippen LogP contribution in [0.5, 0.6) is 23.0 Å². The van der Waals surface area contributed by atoms with Gasteiger partial charge in [0.05, 0.1) is 10.1 Å². The van der Waals surface area contributed by atoms with Crippen LogP contribution in [0.4, 0.5) is 4.39 Å². The molecule has 186 valence electrons. The molecule has 0 aromatic heterocycles. The highest BCUT2D eigenvalue weighted by atomic mass is 35.5. The molecule has 5 nitrogen and oxygen atoms in total. The highest BCUT2D eigenvalue weighted by Gasteiger charge is 2.36. The van der Waals surface area contributed by atoms with Crippen molar-refractivity contribution in [3.05, 3.63) is 77.6 Å². The number of benzene rings is 3. The molecule has 0 amide bonds. The third-order valence-corrected chi connectivity index (χ3v) is 7.80. The van der Waals surface area contributed by atoms with Crippen LogP contribution in [-0.2, 0) is 0 Å². The Bertz CT molecular complexity index is 1160. The molecule has 2 heterocycles. The summed E-state index contributed by atoms with van der Waals surface area (Å²) in [5.41, 5.74) is 1.73. The lowest BCUT2D eigenvalue weighted by atomic mass is 10.00. The summed E-state index contributed by atoms with van der Waals surface area (Å²) < 4.78 is 26.9. The second-order valence-electron chi connectivity index (χ2n) is 9.01. The number of halogens is 2. The van der Waals surface area contributed by atoms with E-state index in [-0.39, 0.29) is 28.3 Å². The van der Waals surface area contributed by atoms with Crippen LogP contribution in [0.25, 0.3) is 0 Å². The molecule has 0 aliphatic carbocycles. The van der Waals surface area contributed by atoms with E-state index in [0.717, 1.165) is 42.4 Å². The molecule has 8 heteroatoms. The number of phenols is 2. The first-order valence-electron chi connectivity index (χ1n) is 11.6. The Balaban J connectivity index is 0.00000289. The van der Waals surface area contributed by atoms with Gasteiger partial charge in [0.1, 0.15) is 30.0 Å². The first-order chi connectivity index (χ1) is 16.5. The van der Waals surface area contributed by atoms with Crippen molar-refractivity contribution in [1.82, 2.24) is 4.90 Å². The molecule has 1 fully saturated rings. The molecule has 2 N–H and O–H groups in total. The number of ether oxygens (including phenoxy) is 2. The fourth-order valence-corrected chi connectivity index (χ4v) is 5.89. The number of phenolic OH excluding ortho intramolecular Hbond substituents is 2. The van der Waals surface area contributed by atoms with Crippen LogP contribution >= 0.6 is 24.2 Å². The summed E-state index contributed by atoms with van der Waals surface area (Å²) in [5.74, 6) is 0.978. The smallest absolute Gasteiger partial charge is 0.182 e. The van der Waals surface area contributed by atoms with Crippen molar-refractivity contribution in [1.29, 1.82) is 0 Å². The van der Waals surface area contributed by atoms with Gasteiger partial charge in [-0.05, 0) is 66.4 Å². The molecule has 0 radical (unpaired) electrons. The molecule has 3 atom stereocenters. The highest BCUT2D eigenvalue weighted by Crippen LogP contribution is 2.55. The predicted molar refractivity (Wildman–Crippen MR) is 138 cm³/mol. The summed E-state index contributed by atoms with van der Waals surface area (Å²) in [5, 5.41) is 19.5. The predicted octanol–water partition coefficient (Wildman–Crippen LogP) is 6.35. The topological polar surface area (TPSA) is 62.2 Å². The van der Waals surface area contributed by atoms with E-state index in [9.17, 15) is 14.6 Å². The number of nitrogens with zero attached hydrogens (tertiary/aromatic N) is 1. The summed E-state index contributed by atoms with van der Waals surface area (Å²) in [6.07, 6.45) is 0.838. The van der Waals surface area contributed by atoms with Gasteiger partial charge in [0.15, 0.2) is 11.6 Å². The van der Waals surface area contributed by atoms with Crippen molar-refractivity contribution in [2.75, 3.05) is 26.2 Å². The molecule has 0 bridgehead atoms. The van der Waals surface area contributed by atoms with Crippen LogP contribution < -0.4 is 9.47 Å². The quantitative estimate of drug-likeness (QED) is 0.397. The van der Waals surface area contributed by atoms with E-state index in [1.54, 1.807) is 24.3 Å². The third-order valence-electron chi connectivity index (χ3n) is 6.41. The van der Waals surface area contributed by atoms with Crippen LogP contribution in [0.15, 0.2) is 65.6 Å². The van der Waals surface area contributed by atoms with E-state index in [2.05, 4.69) is 11.8 Å². The van der Waals surface area contributed by atoms with Crippen LogP contribution in [0, 0.1) is 11.7 Å². The standard InChI is InChI=1S/C27H28FNO4S.ClH/c1-17-11-12-29(16-17)13-14-32-21-7-5-18(6-8-21)25-26(19-3-2-4-20(30)15-19)34-27-23(33-25)10-9-22(31)24(27)28;/h2-10,15,17,25-26,30-31H,11-14,16H2,1H3;1H/t17-,25+,26-;/m1./s1. The van der Waals surface area contributed by atoms with E-state index in [0.29, 0.717) is 12.4 Å². The van der Waals surface area contributed by atoms with Crippen LogP contribution in [0.2, 0.25) is 0 Å². The number of hydrogen-bond acceptors (Lipinski definition) is 6. The zero-order valence-corrected chi connectivity index (χ0v) is 21.0. The number of thioether (sulfide) groups is 1. The molecule has 3 aromatic rings. The van der Waals surface area contributed by atoms with Crippen molar-refractivity contribution in [2.45, 2.75) is 29.6 Å². The molecule has 0 unspecified atom stereocenters.